The number of aromatic nitrogens is 4. The van der Waals surface area contributed by atoms with Crippen molar-refractivity contribution in [1.82, 2.24) is 19.5 Å². The number of nitrogens with one attached hydrogen (secondary N) is 1. The molecule has 4 heterocycles. The first-order chi connectivity index (χ1) is 17.3. The zero-order valence-corrected chi connectivity index (χ0v) is 20.1. The van der Waals surface area contributed by atoms with Crippen molar-refractivity contribution in [3.05, 3.63) is 70.8 Å². The summed E-state index contributed by atoms with van der Waals surface area (Å²) in [6.45, 7) is 5.81. The number of halogens is 2. The Bertz CT molecular complexity index is 1580. The number of terminal acetylenes is 1. The molecule has 0 saturated carbocycles. The van der Waals surface area contributed by atoms with E-state index >= 15 is 8.78 Å². The molecule has 0 amide bonds. The van der Waals surface area contributed by atoms with Gasteiger partial charge in [-0.2, -0.15) is 4.39 Å². The van der Waals surface area contributed by atoms with Crippen LogP contribution >= 0.6 is 0 Å². The molecule has 4 aromatic rings. The number of nitrogens with zero attached hydrogens (tertiary/aromatic N) is 5. The summed E-state index contributed by atoms with van der Waals surface area (Å²) < 4.78 is 38.1. The Morgan fingerprint density at radius 2 is 1.86 bits per heavy atom. The summed E-state index contributed by atoms with van der Waals surface area (Å²) in [6, 6.07) is 7.99. The van der Waals surface area contributed by atoms with Crippen molar-refractivity contribution in [2.24, 2.45) is 12.0 Å². The number of hydrogen-bond acceptors (Lipinski definition) is 6. The molecule has 0 bridgehead atoms. The van der Waals surface area contributed by atoms with Crippen LogP contribution < -0.4 is 10.1 Å². The van der Waals surface area contributed by atoms with Gasteiger partial charge in [0.1, 0.15) is 18.2 Å². The molecule has 3 aromatic heterocycles. The predicted octanol–water partition coefficient (Wildman–Crippen LogP) is 5.40. The van der Waals surface area contributed by atoms with Crippen LogP contribution in [0.2, 0.25) is 0 Å². The highest BCUT2D eigenvalue weighted by Crippen LogP contribution is 2.45. The second kappa shape index (κ2) is 8.89. The Hall–Kier alpha value is -4.58. The zero-order chi connectivity index (χ0) is 25.6. The van der Waals surface area contributed by atoms with Gasteiger partial charge in [-0.05, 0) is 56.2 Å². The molecular weight excluding hydrogens is 462 g/mol. The largest absolute Gasteiger partial charge is 0.421 e. The second-order valence-electron chi connectivity index (χ2n) is 8.45. The van der Waals surface area contributed by atoms with Crippen molar-refractivity contribution in [2.75, 3.05) is 12.0 Å². The van der Waals surface area contributed by atoms with E-state index in [-0.39, 0.29) is 23.0 Å². The summed E-state index contributed by atoms with van der Waals surface area (Å²) in [4.78, 5) is 16.6. The van der Waals surface area contributed by atoms with Gasteiger partial charge >= 0.3 is 6.01 Å². The van der Waals surface area contributed by atoms with Crippen LogP contribution in [0.4, 0.5) is 14.6 Å². The molecule has 36 heavy (non-hydrogen) atoms. The van der Waals surface area contributed by atoms with E-state index in [2.05, 4.69) is 31.2 Å². The van der Waals surface area contributed by atoms with Gasteiger partial charge in [0.25, 0.3) is 0 Å². The number of pyridine rings is 1. The minimum Gasteiger partial charge on any atom is -0.421 e. The third kappa shape index (κ3) is 3.86. The monoisotopic (exact) mass is 484 g/mol. The summed E-state index contributed by atoms with van der Waals surface area (Å²) in [5, 5.41) is 3.25. The molecule has 0 atom stereocenters. The molecular formula is C27H22F2N6O. The molecule has 0 unspecified atom stereocenters. The van der Waals surface area contributed by atoms with Crippen molar-refractivity contribution < 1.29 is 13.5 Å². The maximum Gasteiger partial charge on any atom is 0.322 e. The van der Waals surface area contributed by atoms with E-state index < -0.39 is 11.8 Å². The van der Waals surface area contributed by atoms with Gasteiger partial charge in [-0.3, -0.25) is 4.99 Å². The number of anilines is 1. The molecule has 1 aliphatic rings. The number of aryl methyl sites for hydroxylation is 2. The Morgan fingerprint density at radius 1 is 1.06 bits per heavy atom. The van der Waals surface area contributed by atoms with Crippen molar-refractivity contribution in [3.8, 4) is 46.5 Å². The van der Waals surface area contributed by atoms with Crippen LogP contribution in [0.1, 0.15) is 29.4 Å². The normalized spacial score (nSPS) is 12.4. The first kappa shape index (κ1) is 23.2. The average Bonchev–Trinajstić information content (AvgIpc) is 3.13. The lowest BCUT2D eigenvalue weighted by atomic mass is 9.94. The zero-order valence-electron chi connectivity index (χ0n) is 20.1. The van der Waals surface area contributed by atoms with E-state index in [1.54, 1.807) is 32.0 Å². The molecule has 1 aromatic carbocycles. The third-order valence-corrected chi connectivity index (χ3v) is 6.07. The lowest BCUT2D eigenvalue weighted by Crippen LogP contribution is -2.14. The van der Waals surface area contributed by atoms with Gasteiger partial charge in [-0.15, -0.1) is 6.42 Å². The molecule has 1 N–H and O–H groups in total. The Morgan fingerprint density at radius 3 is 2.56 bits per heavy atom. The van der Waals surface area contributed by atoms with Crippen LogP contribution in [-0.2, 0) is 7.05 Å². The van der Waals surface area contributed by atoms with E-state index in [9.17, 15) is 0 Å². The summed E-state index contributed by atoms with van der Waals surface area (Å²) in [5.41, 5.74) is 4.98. The molecule has 7 nitrogen and oxygen atoms in total. The van der Waals surface area contributed by atoms with Crippen LogP contribution in [0, 0.1) is 38.0 Å². The van der Waals surface area contributed by atoms with Crippen LogP contribution in [0.15, 0.2) is 41.5 Å². The lowest BCUT2D eigenvalue weighted by Gasteiger charge is -2.15. The van der Waals surface area contributed by atoms with Gasteiger partial charge < -0.3 is 14.6 Å². The summed E-state index contributed by atoms with van der Waals surface area (Å²) in [6.07, 6.45) is 6.99. The van der Waals surface area contributed by atoms with E-state index in [1.807, 2.05) is 18.5 Å². The van der Waals surface area contributed by atoms with Crippen molar-refractivity contribution >= 4 is 11.5 Å². The lowest BCUT2D eigenvalue weighted by molar-refractivity contribution is 0.410. The minimum atomic E-state index is -0.700. The van der Waals surface area contributed by atoms with E-state index in [0.717, 1.165) is 17.1 Å². The van der Waals surface area contributed by atoms with E-state index in [4.69, 9.17) is 11.2 Å². The van der Waals surface area contributed by atoms with E-state index in [0.29, 0.717) is 34.7 Å². The highest BCUT2D eigenvalue weighted by Gasteiger charge is 2.30. The second-order valence-corrected chi connectivity index (χ2v) is 8.45. The number of aliphatic imine (C=N–C) groups is 1. The number of fused-ring (bicyclic) bond motifs is 1. The third-order valence-electron chi connectivity index (χ3n) is 6.07. The van der Waals surface area contributed by atoms with Crippen molar-refractivity contribution in [1.29, 1.82) is 0 Å². The standard InChI is InChI=1S/C27H22F2N6O/c1-6-18-11-14(2)21(25(29)34-18)24-23(22-16(4)31-13-32-26(22)35(24)5)17-7-8-20(19(28)12-17)36-27-30-10-9-15(3)33-27/h1,7-12,32H,13H2,2-5H3. The number of benzene rings is 1. The van der Waals surface area contributed by atoms with Crippen LogP contribution in [0.25, 0.3) is 22.4 Å². The van der Waals surface area contributed by atoms with Crippen molar-refractivity contribution in [2.45, 2.75) is 20.8 Å². The SMILES string of the molecule is C#Cc1cc(C)c(-c2c(-c3ccc(Oc4nccc(C)n4)c(F)c3)c3c(n2C)NCN=C3C)c(F)n1. The summed E-state index contributed by atoms with van der Waals surface area (Å²) in [5.74, 6) is 1.79. The van der Waals surface area contributed by atoms with Gasteiger partial charge in [-0.1, -0.05) is 12.0 Å². The highest BCUT2D eigenvalue weighted by molar-refractivity contribution is 6.13. The van der Waals surface area contributed by atoms with Crippen LogP contribution in [0.3, 0.4) is 0 Å². The predicted molar refractivity (Wildman–Crippen MR) is 134 cm³/mol. The molecule has 9 heteroatoms. The van der Waals surface area contributed by atoms with E-state index in [1.165, 1.54) is 18.3 Å². The molecule has 0 aliphatic carbocycles. The van der Waals surface area contributed by atoms with Crippen LogP contribution in [-0.4, -0.2) is 31.9 Å². The fourth-order valence-electron chi connectivity index (χ4n) is 4.43. The van der Waals surface area contributed by atoms with Crippen LogP contribution in [0.5, 0.6) is 11.8 Å². The molecule has 5 rings (SSSR count). The smallest absolute Gasteiger partial charge is 0.322 e. The topological polar surface area (TPSA) is 77.2 Å². The Labute approximate surface area is 206 Å². The number of rotatable bonds is 4. The quantitative estimate of drug-likeness (QED) is 0.310. The maximum absolute atomic E-state index is 15.4. The van der Waals surface area contributed by atoms with Gasteiger partial charge in [-0.25, -0.2) is 19.3 Å². The van der Waals surface area contributed by atoms with Gasteiger partial charge in [0.2, 0.25) is 5.95 Å². The molecule has 0 saturated heterocycles. The van der Waals surface area contributed by atoms with Gasteiger partial charge in [0, 0.05) is 35.8 Å². The maximum atomic E-state index is 15.4. The minimum absolute atomic E-state index is 0.0263. The Balaban J connectivity index is 1.71. The summed E-state index contributed by atoms with van der Waals surface area (Å²) >= 11 is 0. The highest BCUT2D eigenvalue weighted by atomic mass is 19.1. The molecule has 0 fully saturated rings. The first-order valence-corrected chi connectivity index (χ1v) is 11.2. The fraction of sp³-hybridized carbons (Fsp3) is 0.185. The first-order valence-electron chi connectivity index (χ1n) is 11.2. The molecule has 180 valence electrons. The van der Waals surface area contributed by atoms with Crippen molar-refractivity contribution in [3.63, 3.8) is 0 Å². The fourth-order valence-corrected chi connectivity index (χ4v) is 4.43. The number of hydrogen-bond donors (Lipinski definition) is 1. The molecule has 1 aliphatic heterocycles. The van der Waals surface area contributed by atoms with Gasteiger partial charge in [0.05, 0.1) is 11.3 Å². The molecule has 0 radical (unpaired) electrons. The Kier molecular flexibility index (Phi) is 5.72. The average molecular weight is 485 g/mol. The number of ether oxygens (including phenoxy) is 1. The summed E-state index contributed by atoms with van der Waals surface area (Å²) in [7, 11) is 1.82. The molecule has 0 spiro atoms. The van der Waals surface area contributed by atoms with Gasteiger partial charge in [0.15, 0.2) is 11.6 Å².